The average Bonchev–Trinajstić information content (AvgIpc) is 3.33. The fourth-order valence-corrected chi connectivity index (χ4v) is 5.84. The summed E-state index contributed by atoms with van der Waals surface area (Å²) >= 11 is 0. The van der Waals surface area contributed by atoms with E-state index in [0.29, 0.717) is 0 Å². The second kappa shape index (κ2) is 15.7. The lowest BCUT2D eigenvalue weighted by Gasteiger charge is -2.45. The number of nitrogens with one attached hydrogen (secondary N) is 2. The van der Waals surface area contributed by atoms with E-state index in [1.807, 2.05) is 48.5 Å². The van der Waals surface area contributed by atoms with Crippen molar-refractivity contribution in [3.05, 3.63) is 59.7 Å². The van der Waals surface area contributed by atoms with Gasteiger partial charge in [-0.25, -0.2) is 9.59 Å². The van der Waals surface area contributed by atoms with Gasteiger partial charge in [-0.3, -0.25) is 19.2 Å². The minimum atomic E-state index is -1.69. The van der Waals surface area contributed by atoms with E-state index in [9.17, 15) is 33.9 Å². The van der Waals surface area contributed by atoms with Crippen molar-refractivity contribution in [1.82, 2.24) is 10.6 Å². The van der Waals surface area contributed by atoms with Crippen LogP contribution in [0.4, 0.5) is 4.79 Å². The molecule has 0 aromatic heterocycles. The number of fused-ring (bicyclic) bond motifs is 3. The topological polar surface area (TPSA) is 202 Å². The summed E-state index contributed by atoms with van der Waals surface area (Å²) < 4.78 is 33.2. The van der Waals surface area contributed by atoms with Crippen LogP contribution < -0.4 is 10.6 Å². The number of hydrogen-bond acceptors (Lipinski definition) is 12. The van der Waals surface area contributed by atoms with Crippen LogP contribution in [0.3, 0.4) is 0 Å². The van der Waals surface area contributed by atoms with Gasteiger partial charge >= 0.3 is 30.0 Å². The first-order chi connectivity index (χ1) is 22.8. The molecule has 2 aliphatic rings. The maximum atomic E-state index is 13.0. The van der Waals surface area contributed by atoms with E-state index in [2.05, 4.69) is 10.6 Å². The molecule has 0 unspecified atom stereocenters. The molecule has 1 aliphatic carbocycles. The highest BCUT2D eigenvalue weighted by molar-refractivity contribution is 5.81. The highest BCUT2D eigenvalue weighted by atomic mass is 16.7. The first-order valence-electron chi connectivity index (χ1n) is 15.2. The van der Waals surface area contributed by atoms with Gasteiger partial charge in [0.15, 0.2) is 24.5 Å². The van der Waals surface area contributed by atoms with Gasteiger partial charge in [0, 0.05) is 33.6 Å². The lowest BCUT2D eigenvalue weighted by Crippen LogP contribution is -2.67. The number of rotatable bonds is 12. The third kappa shape index (κ3) is 8.66. The van der Waals surface area contributed by atoms with Crippen LogP contribution in [0.25, 0.3) is 11.1 Å². The van der Waals surface area contributed by atoms with Gasteiger partial charge in [-0.2, -0.15) is 0 Å². The molecule has 1 fully saturated rings. The fourth-order valence-electron chi connectivity index (χ4n) is 5.84. The highest BCUT2D eigenvalue weighted by Gasteiger charge is 2.52. The predicted octanol–water partition coefficient (Wildman–Crippen LogP) is 2.04. The second-order valence-electron chi connectivity index (χ2n) is 11.3. The summed E-state index contributed by atoms with van der Waals surface area (Å²) in [5, 5.41) is 14.9. The molecule has 15 nitrogen and oxygen atoms in total. The number of ether oxygens (including phenoxy) is 6. The minimum Gasteiger partial charge on any atom is -0.480 e. The lowest BCUT2D eigenvalue weighted by molar-refractivity contribution is -0.287. The third-order valence-corrected chi connectivity index (χ3v) is 7.77. The number of amides is 2. The van der Waals surface area contributed by atoms with Crippen LogP contribution in [-0.4, -0.2) is 97.0 Å². The Hall–Kier alpha value is -5.02. The number of carboxylic acid groups (broad SMARTS) is 1. The lowest BCUT2D eigenvalue weighted by atomic mass is 9.95. The summed E-state index contributed by atoms with van der Waals surface area (Å²) in [4.78, 5) is 73.2. The number of aliphatic carboxylic acids is 1. The second-order valence-corrected chi connectivity index (χ2v) is 11.3. The van der Waals surface area contributed by atoms with E-state index in [0.717, 1.165) is 49.9 Å². The maximum absolute atomic E-state index is 13.0. The number of benzene rings is 2. The summed E-state index contributed by atoms with van der Waals surface area (Å²) in [5.74, 6) is -4.67. The molecule has 0 bridgehead atoms. The molecule has 7 atom stereocenters. The molecule has 2 amide bonds. The summed E-state index contributed by atoms with van der Waals surface area (Å²) in [5.41, 5.74) is 3.97. The van der Waals surface area contributed by atoms with E-state index >= 15 is 0 Å². The standard InChI is InChI=1S/C33H38N2O13/c1-16(27(31(40)41)35-33(42)44-14-25-23-12-8-6-10-21(23)22-11-7-9-13-24(22)25)45-32-28(34-17(2)36)30(47-20(5)39)29(46-19(4)38)26(48-32)15-43-18(3)37/h6-13,16,25-30,32H,14-15H2,1-5H3,(H,34,36)(H,35,42)(H,40,41)/t16-,26-,27+,28+,29-,30+,32-/m1/s1. The molecular weight excluding hydrogens is 632 g/mol. The first kappa shape index (κ1) is 35.8. The Morgan fingerprint density at radius 1 is 0.792 bits per heavy atom. The van der Waals surface area contributed by atoms with E-state index in [1.54, 1.807) is 0 Å². The first-order valence-corrected chi connectivity index (χ1v) is 15.2. The van der Waals surface area contributed by atoms with Crippen molar-refractivity contribution < 1.29 is 62.3 Å². The molecule has 2 aromatic rings. The molecule has 15 heteroatoms. The average molecular weight is 671 g/mol. The van der Waals surface area contributed by atoms with Gasteiger partial charge in [-0.05, 0) is 29.2 Å². The van der Waals surface area contributed by atoms with Crippen molar-refractivity contribution in [2.75, 3.05) is 13.2 Å². The Bertz CT molecular complexity index is 1500. The van der Waals surface area contributed by atoms with Crippen LogP contribution in [0, 0.1) is 0 Å². The molecule has 258 valence electrons. The Labute approximate surface area is 276 Å². The molecule has 4 rings (SSSR count). The summed E-state index contributed by atoms with van der Waals surface area (Å²) in [6.45, 7) is 5.26. The van der Waals surface area contributed by atoms with Gasteiger partial charge in [0.05, 0.1) is 6.10 Å². The predicted molar refractivity (Wildman–Crippen MR) is 164 cm³/mol. The highest BCUT2D eigenvalue weighted by Crippen LogP contribution is 2.44. The number of carbonyl (C=O) groups excluding carboxylic acids is 5. The number of hydrogen-bond donors (Lipinski definition) is 3. The zero-order valence-corrected chi connectivity index (χ0v) is 27.0. The molecule has 3 N–H and O–H groups in total. The molecule has 0 radical (unpaired) electrons. The summed E-state index contributed by atoms with van der Waals surface area (Å²) in [6, 6.07) is 12.4. The zero-order chi connectivity index (χ0) is 35.1. The molecule has 1 aliphatic heterocycles. The van der Waals surface area contributed by atoms with Crippen LogP contribution in [0.15, 0.2) is 48.5 Å². The van der Waals surface area contributed by atoms with Crippen LogP contribution >= 0.6 is 0 Å². The van der Waals surface area contributed by atoms with Crippen molar-refractivity contribution in [1.29, 1.82) is 0 Å². The summed E-state index contributed by atoms with van der Waals surface area (Å²) in [6.07, 6.45) is -7.98. The van der Waals surface area contributed by atoms with Gasteiger partial charge in [0.1, 0.15) is 25.4 Å². The van der Waals surface area contributed by atoms with Crippen molar-refractivity contribution in [3.63, 3.8) is 0 Å². The molecule has 0 saturated carbocycles. The Morgan fingerprint density at radius 3 is 1.88 bits per heavy atom. The van der Waals surface area contributed by atoms with E-state index in [4.69, 9.17) is 28.4 Å². The fraction of sp³-hybridized carbons (Fsp3) is 0.455. The monoisotopic (exact) mass is 670 g/mol. The van der Waals surface area contributed by atoms with Gasteiger partial charge in [-0.15, -0.1) is 0 Å². The number of carboxylic acids is 1. The molecule has 1 saturated heterocycles. The molecule has 1 heterocycles. The van der Waals surface area contributed by atoms with Crippen LogP contribution in [0.5, 0.6) is 0 Å². The molecule has 2 aromatic carbocycles. The van der Waals surface area contributed by atoms with Crippen LogP contribution in [0.1, 0.15) is 51.7 Å². The smallest absolute Gasteiger partial charge is 0.407 e. The van der Waals surface area contributed by atoms with Gasteiger partial charge in [0.2, 0.25) is 5.91 Å². The van der Waals surface area contributed by atoms with E-state index < -0.39 is 85.3 Å². The van der Waals surface area contributed by atoms with E-state index in [-0.39, 0.29) is 12.5 Å². The maximum Gasteiger partial charge on any atom is 0.407 e. The van der Waals surface area contributed by atoms with Crippen LogP contribution in [-0.2, 0) is 52.4 Å². The summed E-state index contributed by atoms with van der Waals surface area (Å²) in [7, 11) is 0. The number of alkyl carbamates (subject to hydrolysis) is 1. The Kier molecular flexibility index (Phi) is 11.7. The normalized spacial score (nSPS) is 22.6. The quantitative estimate of drug-likeness (QED) is 0.219. The minimum absolute atomic E-state index is 0.0722. The van der Waals surface area contributed by atoms with Gasteiger partial charge in [0.25, 0.3) is 0 Å². The molecule has 48 heavy (non-hydrogen) atoms. The van der Waals surface area contributed by atoms with Gasteiger partial charge < -0.3 is 44.2 Å². The number of esters is 3. The van der Waals surface area contributed by atoms with Gasteiger partial charge in [-0.1, -0.05) is 48.5 Å². The SMILES string of the molecule is CC(=O)N[C@@H]1[C@H](O[C@H](C)[C@H](NC(=O)OCC2c3ccccc3-c3ccccc32)C(=O)O)O[C@H](COC(C)=O)[C@@H](OC(C)=O)[C@H]1OC(C)=O. The van der Waals surface area contributed by atoms with Crippen molar-refractivity contribution in [2.24, 2.45) is 0 Å². The van der Waals surface area contributed by atoms with E-state index in [1.165, 1.54) is 6.92 Å². The largest absolute Gasteiger partial charge is 0.480 e. The molecular formula is C33H38N2O13. The van der Waals surface area contributed by atoms with Crippen molar-refractivity contribution >= 4 is 35.9 Å². The van der Waals surface area contributed by atoms with Crippen molar-refractivity contribution in [2.45, 2.75) is 83.3 Å². The van der Waals surface area contributed by atoms with Crippen LogP contribution in [0.2, 0.25) is 0 Å². The zero-order valence-electron chi connectivity index (χ0n) is 27.0. The number of carbonyl (C=O) groups is 6. The molecule has 0 spiro atoms. The van der Waals surface area contributed by atoms with Crippen molar-refractivity contribution in [3.8, 4) is 11.1 Å². The third-order valence-electron chi connectivity index (χ3n) is 7.77. The Balaban J connectivity index is 1.52. The Morgan fingerprint density at radius 2 is 1.35 bits per heavy atom.